The third-order valence-corrected chi connectivity index (χ3v) is 3.88. The van der Waals surface area contributed by atoms with Crippen molar-refractivity contribution in [3.05, 3.63) is 28.8 Å². The highest BCUT2D eigenvalue weighted by Crippen LogP contribution is 2.27. The van der Waals surface area contributed by atoms with E-state index in [2.05, 4.69) is 16.4 Å². The summed E-state index contributed by atoms with van der Waals surface area (Å²) in [5.41, 5.74) is -0.922. The number of aromatic nitrogens is 1. The van der Waals surface area contributed by atoms with Gasteiger partial charge in [0, 0.05) is 0 Å². The molecule has 0 aliphatic heterocycles. The van der Waals surface area contributed by atoms with Crippen molar-refractivity contribution in [2.75, 3.05) is 0 Å². The van der Waals surface area contributed by atoms with Crippen LogP contribution < -0.4 is 5.32 Å². The van der Waals surface area contributed by atoms with Crippen LogP contribution in [0.4, 0.5) is 4.39 Å². The number of pyridine rings is 1. The molecular formula is C14H15ClFN3O. The van der Waals surface area contributed by atoms with Crippen LogP contribution in [0.3, 0.4) is 0 Å². The molecule has 2 rings (SSSR count). The average Bonchev–Trinajstić information content (AvgIpc) is 2.67. The molecule has 0 radical (unpaired) electrons. The summed E-state index contributed by atoms with van der Waals surface area (Å²) in [5, 5.41) is 12.0. The Labute approximate surface area is 122 Å². The van der Waals surface area contributed by atoms with Crippen LogP contribution in [0.5, 0.6) is 0 Å². The lowest BCUT2D eigenvalue weighted by Crippen LogP contribution is -2.47. The summed E-state index contributed by atoms with van der Waals surface area (Å²) < 4.78 is 13.2. The van der Waals surface area contributed by atoms with Gasteiger partial charge in [-0.05, 0) is 18.9 Å². The monoisotopic (exact) mass is 295 g/mol. The van der Waals surface area contributed by atoms with Crippen LogP contribution in [-0.4, -0.2) is 16.4 Å². The fourth-order valence-corrected chi connectivity index (χ4v) is 2.65. The van der Waals surface area contributed by atoms with Gasteiger partial charge in [-0.15, -0.1) is 0 Å². The third-order valence-electron chi connectivity index (χ3n) is 3.57. The van der Waals surface area contributed by atoms with Gasteiger partial charge >= 0.3 is 0 Å². The van der Waals surface area contributed by atoms with E-state index in [1.807, 2.05) is 0 Å². The van der Waals surface area contributed by atoms with E-state index in [0.717, 1.165) is 37.9 Å². The Morgan fingerprint density at radius 3 is 2.65 bits per heavy atom. The smallest absolute Gasteiger partial charge is 0.255 e. The molecule has 1 heterocycles. The van der Waals surface area contributed by atoms with E-state index >= 15 is 0 Å². The second kappa shape index (κ2) is 6.19. The quantitative estimate of drug-likeness (QED) is 0.673. The second-order valence-corrected chi connectivity index (χ2v) is 5.41. The summed E-state index contributed by atoms with van der Waals surface area (Å²) in [7, 11) is 0. The van der Waals surface area contributed by atoms with Crippen LogP contribution in [0.2, 0.25) is 5.15 Å². The molecule has 0 unspecified atom stereocenters. The molecule has 1 aliphatic carbocycles. The molecule has 0 aromatic carbocycles. The maximum atomic E-state index is 13.2. The predicted molar refractivity (Wildman–Crippen MR) is 72.7 cm³/mol. The summed E-state index contributed by atoms with van der Waals surface area (Å²) >= 11 is 5.81. The van der Waals surface area contributed by atoms with Crippen molar-refractivity contribution in [1.82, 2.24) is 10.3 Å². The van der Waals surface area contributed by atoms with E-state index in [-0.39, 0.29) is 10.7 Å². The molecule has 4 nitrogen and oxygen atoms in total. The molecule has 1 amide bonds. The molecule has 0 atom stereocenters. The Morgan fingerprint density at radius 2 is 2.05 bits per heavy atom. The molecule has 1 N–H and O–H groups in total. The van der Waals surface area contributed by atoms with Gasteiger partial charge in [0.15, 0.2) is 0 Å². The normalized spacial score (nSPS) is 17.9. The summed E-state index contributed by atoms with van der Waals surface area (Å²) in [4.78, 5) is 15.8. The SMILES string of the molecule is N#CC1(NC(=O)c2cc(F)cnc2Cl)CCCCCC1. The van der Waals surface area contributed by atoms with Crippen molar-refractivity contribution in [2.45, 2.75) is 44.1 Å². The summed E-state index contributed by atoms with van der Waals surface area (Å²) in [6.45, 7) is 0. The number of hydrogen-bond acceptors (Lipinski definition) is 3. The predicted octanol–water partition coefficient (Wildman–Crippen LogP) is 3.22. The van der Waals surface area contributed by atoms with Gasteiger partial charge in [0.05, 0.1) is 17.8 Å². The minimum atomic E-state index is -0.886. The van der Waals surface area contributed by atoms with Crippen LogP contribution in [0.15, 0.2) is 12.3 Å². The topological polar surface area (TPSA) is 65.8 Å². The number of halogens is 2. The highest BCUT2D eigenvalue weighted by molar-refractivity contribution is 6.32. The molecule has 0 bridgehead atoms. The van der Waals surface area contributed by atoms with Crippen molar-refractivity contribution in [1.29, 1.82) is 5.26 Å². The van der Waals surface area contributed by atoms with E-state index in [0.29, 0.717) is 12.8 Å². The lowest BCUT2D eigenvalue weighted by atomic mass is 9.91. The first-order valence-corrected chi connectivity index (χ1v) is 6.99. The maximum Gasteiger partial charge on any atom is 0.255 e. The lowest BCUT2D eigenvalue weighted by Gasteiger charge is -2.26. The number of amides is 1. The van der Waals surface area contributed by atoms with Crippen LogP contribution in [0.1, 0.15) is 48.9 Å². The van der Waals surface area contributed by atoms with Gasteiger partial charge < -0.3 is 5.32 Å². The molecular weight excluding hydrogens is 281 g/mol. The standard InChI is InChI=1S/C14H15ClFN3O/c15-12-11(7-10(16)8-18-12)13(20)19-14(9-17)5-3-1-2-4-6-14/h7-8H,1-6H2,(H,19,20). The number of rotatable bonds is 2. The van der Waals surface area contributed by atoms with Gasteiger partial charge in [-0.2, -0.15) is 5.26 Å². The van der Waals surface area contributed by atoms with Crippen molar-refractivity contribution in [3.63, 3.8) is 0 Å². The van der Waals surface area contributed by atoms with E-state index in [4.69, 9.17) is 11.6 Å². The van der Waals surface area contributed by atoms with Gasteiger partial charge in [-0.1, -0.05) is 37.3 Å². The Morgan fingerprint density at radius 1 is 1.40 bits per heavy atom. The zero-order valence-corrected chi connectivity index (χ0v) is 11.7. The summed E-state index contributed by atoms with van der Waals surface area (Å²) in [5.74, 6) is -1.18. The van der Waals surface area contributed by atoms with Crippen molar-refractivity contribution in [2.24, 2.45) is 0 Å². The molecule has 0 saturated heterocycles. The van der Waals surface area contributed by atoms with Crippen LogP contribution in [-0.2, 0) is 0 Å². The Kier molecular flexibility index (Phi) is 4.56. The summed E-state index contributed by atoms with van der Waals surface area (Å²) in [6, 6.07) is 3.24. The minimum Gasteiger partial charge on any atom is -0.334 e. The number of hydrogen-bond donors (Lipinski definition) is 1. The molecule has 1 aliphatic rings. The first-order valence-electron chi connectivity index (χ1n) is 6.61. The largest absolute Gasteiger partial charge is 0.334 e. The third kappa shape index (κ3) is 3.26. The van der Waals surface area contributed by atoms with Gasteiger partial charge in [0.2, 0.25) is 0 Å². The molecule has 1 fully saturated rings. The van der Waals surface area contributed by atoms with Crippen molar-refractivity contribution >= 4 is 17.5 Å². The zero-order chi connectivity index (χ0) is 14.6. The number of carbonyl (C=O) groups is 1. The average molecular weight is 296 g/mol. The first kappa shape index (κ1) is 14.7. The van der Waals surface area contributed by atoms with E-state index in [1.165, 1.54) is 0 Å². The summed E-state index contributed by atoms with van der Waals surface area (Å²) in [6.07, 6.45) is 6.06. The molecule has 6 heteroatoms. The Bertz CT molecular complexity index is 548. The fourth-order valence-electron chi connectivity index (χ4n) is 2.46. The molecule has 0 spiro atoms. The highest BCUT2D eigenvalue weighted by Gasteiger charge is 2.33. The molecule has 1 saturated carbocycles. The Hall–Kier alpha value is -1.67. The van der Waals surface area contributed by atoms with Crippen LogP contribution >= 0.6 is 11.6 Å². The molecule has 20 heavy (non-hydrogen) atoms. The van der Waals surface area contributed by atoms with Crippen LogP contribution in [0.25, 0.3) is 0 Å². The van der Waals surface area contributed by atoms with Crippen molar-refractivity contribution in [3.8, 4) is 6.07 Å². The first-order chi connectivity index (χ1) is 9.56. The lowest BCUT2D eigenvalue weighted by molar-refractivity contribution is 0.0912. The number of carbonyl (C=O) groups excluding carboxylic acids is 1. The van der Waals surface area contributed by atoms with Gasteiger partial charge in [0.25, 0.3) is 5.91 Å². The van der Waals surface area contributed by atoms with E-state index in [1.54, 1.807) is 0 Å². The zero-order valence-electron chi connectivity index (χ0n) is 11.0. The number of nitrogens with one attached hydrogen (secondary N) is 1. The van der Waals surface area contributed by atoms with Gasteiger partial charge in [-0.25, -0.2) is 9.37 Å². The van der Waals surface area contributed by atoms with E-state index in [9.17, 15) is 14.4 Å². The molecule has 106 valence electrons. The van der Waals surface area contributed by atoms with Gasteiger partial charge in [0.1, 0.15) is 16.5 Å². The van der Waals surface area contributed by atoms with E-state index < -0.39 is 17.3 Å². The molecule has 1 aromatic rings. The second-order valence-electron chi connectivity index (χ2n) is 5.05. The fraction of sp³-hybridized carbons (Fsp3) is 0.500. The highest BCUT2D eigenvalue weighted by atomic mass is 35.5. The number of nitrogens with zero attached hydrogens (tertiary/aromatic N) is 2. The maximum absolute atomic E-state index is 13.2. The van der Waals surface area contributed by atoms with Crippen molar-refractivity contribution < 1.29 is 9.18 Å². The molecule has 1 aromatic heterocycles. The van der Waals surface area contributed by atoms with Crippen LogP contribution in [0, 0.1) is 17.1 Å². The van der Waals surface area contributed by atoms with Gasteiger partial charge in [-0.3, -0.25) is 4.79 Å². The minimum absolute atomic E-state index is 0.0365. The number of nitriles is 1. The Balaban J connectivity index is 2.21.